The average Bonchev–Trinajstić information content (AvgIpc) is 4.09. The monoisotopic (exact) mass is 1030 g/mol. The largest absolute Gasteiger partial charge is 0.469 e. The first-order valence-electron chi connectivity index (χ1n) is 27.2. The Morgan fingerprint density at radius 1 is 0.405 bits per heavy atom. The molecule has 2 aliphatic rings. The van der Waals surface area contributed by atoms with E-state index in [-0.39, 0.29) is 22.8 Å². The Hall–Kier alpha value is -9.14. The van der Waals surface area contributed by atoms with Gasteiger partial charge in [-0.2, -0.15) is 0 Å². The van der Waals surface area contributed by atoms with Crippen molar-refractivity contribution in [2.24, 2.45) is 0 Å². The summed E-state index contributed by atoms with van der Waals surface area (Å²) in [5.74, 6) is -0.443. The highest BCUT2D eigenvalue weighted by atomic mass is 16.5. The molecular weight excluding hydrogens is 973 g/mol. The Morgan fingerprint density at radius 2 is 0.772 bits per heavy atom. The molecule has 0 amide bonds. The van der Waals surface area contributed by atoms with Crippen LogP contribution in [0.25, 0.3) is 55.8 Å². The first kappa shape index (κ1) is 50.7. The predicted molar refractivity (Wildman–Crippen MR) is 320 cm³/mol. The molecule has 0 bridgehead atoms. The van der Waals surface area contributed by atoms with Crippen LogP contribution in [0.4, 0.5) is 34.1 Å². The van der Waals surface area contributed by atoms with Crippen LogP contribution in [0.1, 0.15) is 79.5 Å². The number of aromatic nitrogens is 2. The Balaban J connectivity index is 0.928. The highest BCUT2D eigenvalue weighted by Gasteiger charge is 2.37. The SMILES string of the molecule is COC(=O)CCc1ccc(N(c2ccc(-c3nc4ccc(C)cc4nc3-c3ccc(N(c4ccc(CCC(=O)OC)cc4)c4ccc5c(c4)C(C)(C)c4ccccc4-5)cc3)cc2)c2ccc3c(c2)C(C)(C)c2ccccc2-3)cc1. The molecule has 8 heteroatoms. The highest BCUT2D eigenvalue weighted by molar-refractivity contribution is 5.91. The number of hydrogen-bond acceptors (Lipinski definition) is 8. The summed E-state index contributed by atoms with van der Waals surface area (Å²) >= 11 is 0. The fourth-order valence-electron chi connectivity index (χ4n) is 12.0. The molecule has 0 aliphatic heterocycles. The zero-order chi connectivity index (χ0) is 54.6. The quantitative estimate of drug-likeness (QED) is 0.0996. The van der Waals surface area contributed by atoms with Crippen molar-refractivity contribution in [1.82, 2.24) is 9.97 Å². The molecule has 390 valence electrons. The minimum Gasteiger partial charge on any atom is -0.469 e. The van der Waals surface area contributed by atoms with Crippen molar-refractivity contribution >= 4 is 57.1 Å². The summed E-state index contributed by atoms with van der Waals surface area (Å²) in [6, 6.07) is 71.7. The first-order chi connectivity index (χ1) is 38.3. The minimum atomic E-state index is -0.222. The number of fused-ring (bicyclic) bond motifs is 7. The van der Waals surface area contributed by atoms with Crippen LogP contribution in [0, 0.1) is 6.92 Å². The van der Waals surface area contributed by atoms with Crippen LogP contribution < -0.4 is 9.80 Å². The predicted octanol–water partition coefficient (Wildman–Crippen LogP) is 17.0. The van der Waals surface area contributed by atoms with Gasteiger partial charge in [-0.1, -0.05) is 143 Å². The molecule has 0 radical (unpaired) electrons. The normalized spacial score (nSPS) is 13.3. The van der Waals surface area contributed by atoms with Crippen LogP contribution in [-0.4, -0.2) is 36.1 Å². The van der Waals surface area contributed by atoms with Crippen molar-refractivity contribution < 1.29 is 19.1 Å². The minimum absolute atomic E-state index is 0.180. The van der Waals surface area contributed by atoms with Gasteiger partial charge in [-0.25, -0.2) is 9.97 Å². The third-order valence-corrected chi connectivity index (χ3v) is 16.3. The van der Waals surface area contributed by atoms with Crippen molar-refractivity contribution in [2.45, 2.75) is 71.1 Å². The van der Waals surface area contributed by atoms with Crippen molar-refractivity contribution in [3.8, 4) is 44.8 Å². The lowest BCUT2D eigenvalue weighted by molar-refractivity contribution is -0.141. The van der Waals surface area contributed by atoms with Crippen molar-refractivity contribution in [1.29, 1.82) is 0 Å². The zero-order valence-corrected chi connectivity index (χ0v) is 45.8. The molecule has 0 spiro atoms. The number of ether oxygens (including phenoxy) is 2. The smallest absolute Gasteiger partial charge is 0.305 e. The lowest BCUT2D eigenvalue weighted by Crippen LogP contribution is -2.16. The van der Waals surface area contributed by atoms with Gasteiger partial charge >= 0.3 is 11.9 Å². The molecule has 8 nitrogen and oxygen atoms in total. The van der Waals surface area contributed by atoms with Crippen molar-refractivity contribution in [3.05, 3.63) is 239 Å². The Kier molecular flexibility index (Phi) is 13.0. The van der Waals surface area contributed by atoms with Gasteiger partial charge in [0.2, 0.25) is 0 Å². The summed E-state index contributed by atoms with van der Waals surface area (Å²) in [7, 11) is 2.86. The molecule has 0 saturated carbocycles. The number of methoxy groups -OCH3 is 2. The van der Waals surface area contributed by atoms with E-state index in [4.69, 9.17) is 19.4 Å². The average molecular weight is 1040 g/mol. The number of aryl methyl sites for hydroxylation is 3. The summed E-state index contributed by atoms with van der Waals surface area (Å²) in [6.07, 6.45) is 1.84. The zero-order valence-electron chi connectivity index (χ0n) is 45.8. The van der Waals surface area contributed by atoms with Gasteiger partial charge in [0, 0.05) is 68.9 Å². The summed E-state index contributed by atoms with van der Waals surface area (Å²) < 4.78 is 9.89. The maximum atomic E-state index is 12.1. The van der Waals surface area contributed by atoms with Crippen molar-refractivity contribution in [3.63, 3.8) is 0 Å². The van der Waals surface area contributed by atoms with Crippen LogP contribution in [0.2, 0.25) is 0 Å². The standard InChI is InChI=1S/C71H62N4O4/c1-45-16-39-64-65(42-45)73-69(49-25-33-53(34-26-49)75(51-29-19-47(20-30-51)22-41-67(77)79-7)55-36-38-59-57-13-9-11-15-61(57)71(4,5)63(59)44-55)68(72-64)48-23-31-52(32-24-48)74(50-27-17-46(18-28-50)21-40-66(76)78-6)54-35-37-58-56-12-8-10-14-60(56)70(2,3)62(58)43-54/h8-20,23-39,42-44H,21-22,40-41H2,1-7H3. The van der Waals surface area contributed by atoms with Gasteiger partial charge < -0.3 is 19.3 Å². The molecule has 10 aromatic rings. The van der Waals surface area contributed by atoms with Gasteiger partial charge in [0.1, 0.15) is 0 Å². The van der Waals surface area contributed by atoms with Crippen LogP contribution in [0.5, 0.6) is 0 Å². The summed E-state index contributed by atoms with van der Waals surface area (Å²) in [6.45, 7) is 11.3. The summed E-state index contributed by atoms with van der Waals surface area (Å²) in [4.78, 5) is 39.5. The second-order valence-corrected chi connectivity index (χ2v) is 22.0. The molecule has 0 fully saturated rings. The van der Waals surface area contributed by atoms with Gasteiger partial charge in [0.25, 0.3) is 0 Å². The third kappa shape index (κ3) is 9.31. The Bertz CT molecular complexity index is 3980. The second-order valence-electron chi connectivity index (χ2n) is 22.0. The van der Waals surface area contributed by atoms with Gasteiger partial charge in [-0.15, -0.1) is 0 Å². The highest BCUT2D eigenvalue weighted by Crippen LogP contribution is 2.52. The first-order valence-corrected chi connectivity index (χ1v) is 27.2. The van der Waals surface area contributed by atoms with Gasteiger partial charge in [-0.05, 0) is 166 Å². The molecule has 0 N–H and O–H groups in total. The summed E-state index contributed by atoms with van der Waals surface area (Å²) in [5, 5.41) is 0. The maximum absolute atomic E-state index is 12.1. The molecule has 1 heterocycles. The lowest BCUT2D eigenvalue weighted by Gasteiger charge is -2.28. The van der Waals surface area contributed by atoms with E-state index in [1.807, 2.05) is 0 Å². The lowest BCUT2D eigenvalue weighted by atomic mass is 9.82. The fraction of sp³-hybridized carbons (Fsp3) is 0.183. The van der Waals surface area contributed by atoms with Crippen LogP contribution >= 0.6 is 0 Å². The molecule has 2 aliphatic carbocycles. The number of esters is 2. The number of anilines is 6. The molecule has 1 aromatic heterocycles. The Labute approximate surface area is 463 Å². The van der Waals surface area contributed by atoms with Crippen LogP contribution in [0.3, 0.4) is 0 Å². The molecule has 0 atom stereocenters. The van der Waals surface area contributed by atoms with E-state index >= 15 is 0 Å². The van der Waals surface area contributed by atoms with E-state index in [9.17, 15) is 9.59 Å². The van der Waals surface area contributed by atoms with E-state index < -0.39 is 0 Å². The van der Waals surface area contributed by atoms with E-state index in [2.05, 4.69) is 245 Å². The van der Waals surface area contributed by atoms with Crippen LogP contribution in [-0.2, 0) is 42.7 Å². The number of nitrogens with zero attached hydrogens (tertiary/aromatic N) is 4. The maximum Gasteiger partial charge on any atom is 0.305 e. The molecular formula is C71H62N4O4. The molecule has 79 heavy (non-hydrogen) atoms. The van der Waals surface area contributed by atoms with E-state index in [1.165, 1.54) is 58.7 Å². The topological polar surface area (TPSA) is 84.9 Å². The number of carbonyl (C=O) groups excluding carboxylic acids is 2. The molecule has 9 aromatic carbocycles. The van der Waals surface area contributed by atoms with Crippen LogP contribution in [0.15, 0.2) is 200 Å². The number of carbonyl (C=O) groups is 2. The van der Waals surface area contributed by atoms with Gasteiger partial charge in [0.15, 0.2) is 0 Å². The van der Waals surface area contributed by atoms with E-state index in [0.29, 0.717) is 25.7 Å². The number of rotatable bonds is 14. The fourth-order valence-corrected chi connectivity index (χ4v) is 12.0. The van der Waals surface area contributed by atoms with Gasteiger partial charge in [0.05, 0.1) is 36.6 Å². The third-order valence-electron chi connectivity index (χ3n) is 16.3. The number of benzene rings is 9. The summed E-state index contributed by atoms with van der Waals surface area (Å²) in [5.41, 5.74) is 24.4. The van der Waals surface area contributed by atoms with E-state index in [1.54, 1.807) is 0 Å². The van der Waals surface area contributed by atoms with E-state index in [0.717, 1.165) is 84.4 Å². The van der Waals surface area contributed by atoms with Crippen molar-refractivity contribution in [2.75, 3.05) is 24.0 Å². The molecule has 12 rings (SSSR count). The second kappa shape index (κ2) is 20.3. The molecule has 0 saturated heterocycles. The Morgan fingerprint density at radius 3 is 1.19 bits per heavy atom. The number of hydrogen-bond donors (Lipinski definition) is 0. The van der Waals surface area contributed by atoms with Gasteiger partial charge in [-0.3, -0.25) is 9.59 Å². The molecule has 0 unspecified atom stereocenters.